The van der Waals surface area contributed by atoms with Crippen LogP contribution in [-0.4, -0.2) is 29.7 Å². The summed E-state index contributed by atoms with van der Waals surface area (Å²) in [6, 6.07) is 0. The van der Waals surface area contributed by atoms with Gasteiger partial charge >= 0.3 is 0 Å². The number of aliphatic hydroxyl groups is 2. The van der Waals surface area contributed by atoms with Crippen molar-refractivity contribution in [2.24, 2.45) is 11.8 Å². The molecule has 2 unspecified atom stereocenters. The highest BCUT2D eigenvalue weighted by molar-refractivity contribution is 4.83. The lowest BCUT2D eigenvalue weighted by molar-refractivity contribution is -0.200. The SMILES string of the molecule is CCC(O)(O)C1CCC(COC)C1. The second-order valence-corrected chi connectivity index (χ2v) is 4.06. The molecule has 0 aromatic rings. The molecule has 0 aromatic heterocycles. The van der Waals surface area contributed by atoms with Crippen LogP contribution in [0.4, 0.5) is 0 Å². The maximum atomic E-state index is 9.62. The van der Waals surface area contributed by atoms with E-state index in [2.05, 4.69) is 0 Å². The maximum absolute atomic E-state index is 9.62. The first-order valence-corrected chi connectivity index (χ1v) is 5.03. The molecule has 0 saturated heterocycles. The molecular formula is C10H20O3. The van der Waals surface area contributed by atoms with Crippen molar-refractivity contribution in [2.45, 2.75) is 38.4 Å². The summed E-state index contributed by atoms with van der Waals surface area (Å²) in [5.74, 6) is -0.902. The van der Waals surface area contributed by atoms with Crippen molar-refractivity contribution in [3.05, 3.63) is 0 Å². The molecule has 0 bridgehead atoms. The first-order chi connectivity index (χ1) is 6.10. The predicted molar refractivity (Wildman–Crippen MR) is 50.2 cm³/mol. The molecule has 3 nitrogen and oxygen atoms in total. The second-order valence-electron chi connectivity index (χ2n) is 4.06. The Morgan fingerprint density at radius 2 is 2.08 bits per heavy atom. The molecule has 0 radical (unpaired) electrons. The fourth-order valence-corrected chi connectivity index (χ4v) is 2.17. The van der Waals surface area contributed by atoms with Crippen molar-refractivity contribution >= 4 is 0 Å². The third kappa shape index (κ3) is 2.66. The summed E-state index contributed by atoms with van der Waals surface area (Å²) in [7, 11) is 1.69. The van der Waals surface area contributed by atoms with E-state index in [1.54, 1.807) is 7.11 Å². The Hall–Kier alpha value is -0.120. The minimum absolute atomic E-state index is 0.0395. The zero-order valence-electron chi connectivity index (χ0n) is 8.49. The molecule has 0 aliphatic heterocycles. The Morgan fingerprint density at radius 3 is 2.62 bits per heavy atom. The van der Waals surface area contributed by atoms with Crippen LogP contribution in [0, 0.1) is 11.8 Å². The molecule has 1 aliphatic rings. The van der Waals surface area contributed by atoms with Crippen molar-refractivity contribution < 1.29 is 14.9 Å². The van der Waals surface area contributed by atoms with E-state index >= 15 is 0 Å². The Balaban J connectivity index is 2.40. The fraction of sp³-hybridized carbons (Fsp3) is 1.00. The van der Waals surface area contributed by atoms with E-state index in [1.807, 2.05) is 6.92 Å². The van der Waals surface area contributed by atoms with E-state index < -0.39 is 5.79 Å². The Labute approximate surface area is 79.7 Å². The molecule has 78 valence electrons. The molecule has 1 aliphatic carbocycles. The molecular weight excluding hydrogens is 168 g/mol. The summed E-state index contributed by atoms with van der Waals surface area (Å²) in [6.07, 6.45) is 3.27. The molecule has 0 amide bonds. The molecule has 0 heterocycles. The van der Waals surface area contributed by atoms with Gasteiger partial charge in [-0.1, -0.05) is 6.92 Å². The largest absolute Gasteiger partial charge is 0.384 e. The van der Waals surface area contributed by atoms with Gasteiger partial charge in [-0.2, -0.15) is 0 Å². The Kier molecular flexibility index (Phi) is 3.71. The van der Waals surface area contributed by atoms with Crippen LogP contribution in [0.1, 0.15) is 32.6 Å². The molecule has 2 atom stereocenters. The highest BCUT2D eigenvalue weighted by Crippen LogP contribution is 2.38. The summed E-state index contributed by atoms with van der Waals surface area (Å²) in [4.78, 5) is 0. The van der Waals surface area contributed by atoms with E-state index in [1.165, 1.54) is 0 Å². The Bertz CT molecular complexity index is 156. The van der Waals surface area contributed by atoms with E-state index in [9.17, 15) is 10.2 Å². The van der Waals surface area contributed by atoms with Crippen LogP contribution in [-0.2, 0) is 4.74 Å². The normalized spacial score (nSPS) is 29.5. The smallest absolute Gasteiger partial charge is 0.165 e. The fourth-order valence-electron chi connectivity index (χ4n) is 2.17. The lowest BCUT2D eigenvalue weighted by Gasteiger charge is -2.27. The van der Waals surface area contributed by atoms with Gasteiger partial charge < -0.3 is 14.9 Å². The van der Waals surface area contributed by atoms with Crippen molar-refractivity contribution in [3.63, 3.8) is 0 Å². The van der Waals surface area contributed by atoms with Gasteiger partial charge in [0.2, 0.25) is 0 Å². The average Bonchev–Trinajstić information content (AvgIpc) is 2.54. The van der Waals surface area contributed by atoms with Crippen molar-refractivity contribution in [1.29, 1.82) is 0 Å². The topological polar surface area (TPSA) is 49.7 Å². The van der Waals surface area contributed by atoms with Gasteiger partial charge in [0.25, 0.3) is 0 Å². The quantitative estimate of drug-likeness (QED) is 0.650. The highest BCUT2D eigenvalue weighted by Gasteiger charge is 2.38. The van der Waals surface area contributed by atoms with Crippen LogP contribution in [0.25, 0.3) is 0 Å². The average molecular weight is 188 g/mol. The number of rotatable bonds is 4. The maximum Gasteiger partial charge on any atom is 0.165 e. The van der Waals surface area contributed by atoms with Gasteiger partial charge in [0.15, 0.2) is 5.79 Å². The van der Waals surface area contributed by atoms with E-state index in [4.69, 9.17) is 4.74 Å². The third-order valence-corrected chi connectivity index (χ3v) is 3.12. The van der Waals surface area contributed by atoms with Gasteiger partial charge in [0, 0.05) is 19.6 Å². The Morgan fingerprint density at radius 1 is 1.38 bits per heavy atom. The molecule has 2 N–H and O–H groups in total. The van der Waals surface area contributed by atoms with Crippen molar-refractivity contribution in [3.8, 4) is 0 Å². The summed E-state index contributed by atoms with van der Waals surface area (Å²) in [6.45, 7) is 2.56. The van der Waals surface area contributed by atoms with Crippen LogP contribution in [0.15, 0.2) is 0 Å². The standard InChI is InChI=1S/C10H20O3/c1-3-10(11,12)9-5-4-8(6-9)7-13-2/h8-9,11-12H,3-7H2,1-2H3. The number of methoxy groups -OCH3 is 1. The van der Waals surface area contributed by atoms with Crippen LogP contribution in [0.2, 0.25) is 0 Å². The minimum Gasteiger partial charge on any atom is -0.384 e. The first-order valence-electron chi connectivity index (χ1n) is 5.03. The zero-order chi connectivity index (χ0) is 9.90. The lowest BCUT2D eigenvalue weighted by atomic mass is 9.94. The van der Waals surface area contributed by atoms with E-state index in [0.29, 0.717) is 12.3 Å². The molecule has 3 heteroatoms. The summed E-state index contributed by atoms with van der Waals surface area (Å²) < 4.78 is 5.06. The van der Waals surface area contributed by atoms with Gasteiger partial charge in [0.1, 0.15) is 0 Å². The first kappa shape index (κ1) is 11.0. The van der Waals surface area contributed by atoms with Crippen molar-refractivity contribution in [2.75, 3.05) is 13.7 Å². The summed E-state index contributed by atoms with van der Waals surface area (Å²) >= 11 is 0. The van der Waals surface area contributed by atoms with Gasteiger partial charge in [-0.3, -0.25) is 0 Å². The summed E-state index contributed by atoms with van der Waals surface area (Å²) in [5, 5.41) is 19.2. The monoisotopic (exact) mass is 188 g/mol. The van der Waals surface area contributed by atoms with Crippen LogP contribution in [0.5, 0.6) is 0 Å². The molecule has 0 spiro atoms. The minimum atomic E-state index is -1.46. The second kappa shape index (κ2) is 4.40. The third-order valence-electron chi connectivity index (χ3n) is 3.12. The van der Waals surface area contributed by atoms with Gasteiger partial charge in [-0.15, -0.1) is 0 Å². The van der Waals surface area contributed by atoms with Crippen LogP contribution in [0.3, 0.4) is 0 Å². The van der Waals surface area contributed by atoms with Gasteiger partial charge in [-0.25, -0.2) is 0 Å². The molecule has 1 saturated carbocycles. The molecule has 13 heavy (non-hydrogen) atoms. The van der Waals surface area contributed by atoms with Crippen LogP contribution < -0.4 is 0 Å². The van der Waals surface area contributed by atoms with E-state index in [0.717, 1.165) is 25.9 Å². The van der Waals surface area contributed by atoms with Crippen molar-refractivity contribution in [1.82, 2.24) is 0 Å². The lowest BCUT2D eigenvalue weighted by Crippen LogP contribution is -2.35. The van der Waals surface area contributed by atoms with Gasteiger partial charge in [0.05, 0.1) is 0 Å². The molecule has 0 aromatic carbocycles. The summed E-state index contributed by atoms with van der Waals surface area (Å²) in [5.41, 5.74) is 0. The number of hydrogen-bond acceptors (Lipinski definition) is 3. The van der Waals surface area contributed by atoms with Crippen LogP contribution >= 0.6 is 0 Å². The molecule has 1 fully saturated rings. The highest BCUT2D eigenvalue weighted by atomic mass is 16.5. The molecule has 1 rings (SSSR count). The number of hydrogen-bond donors (Lipinski definition) is 2. The van der Waals surface area contributed by atoms with E-state index in [-0.39, 0.29) is 5.92 Å². The predicted octanol–water partition coefficient (Wildman–Crippen LogP) is 1.14. The number of ether oxygens (including phenoxy) is 1. The zero-order valence-corrected chi connectivity index (χ0v) is 8.49. The van der Waals surface area contributed by atoms with Gasteiger partial charge in [-0.05, 0) is 31.6 Å².